The zero-order chi connectivity index (χ0) is 23.4. The Morgan fingerprint density at radius 1 is 1.15 bits per heavy atom. The Hall–Kier alpha value is -3.13. The van der Waals surface area contributed by atoms with E-state index < -0.39 is 6.23 Å². The molecule has 1 aliphatic heterocycles. The zero-order valence-electron chi connectivity index (χ0n) is 19.3. The van der Waals surface area contributed by atoms with Crippen molar-refractivity contribution in [2.24, 2.45) is 5.92 Å². The van der Waals surface area contributed by atoms with Gasteiger partial charge in [-0.25, -0.2) is 0 Å². The minimum absolute atomic E-state index is 0.0453. The first-order valence-electron chi connectivity index (χ1n) is 11.1. The molecule has 7 nitrogen and oxygen atoms in total. The van der Waals surface area contributed by atoms with Crippen LogP contribution in [0.3, 0.4) is 0 Å². The normalized spacial score (nSPS) is 14.8. The largest absolute Gasteiger partial charge is 0.496 e. The molecular weight excluding hydrogens is 436 g/mol. The van der Waals surface area contributed by atoms with E-state index in [4.69, 9.17) is 14.5 Å². The van der Waals surface area contributed by atoms with Gasteiger partial charge in [0.25, 0.3) is 0 Å². The van der Waals surface area contributed by atoms with E-state index in [0.29, 0.717) is 40.5 Å². The highest BCUT2D eigenvalue weighted by Crippen LogP contribution is 2.45. The number of ether oxygens (including phenoxy) is 2. The number of carbonyl (C=O) groups is 1. The van der Waals surface area contributed by atoms with Crippen molar-refractivity contribution in [2.75, 3.05) is 17.8 Å². The monoisotopic (exact) mass is 464 g/mol. The van der Waals surface area contributed by atoms with Gasteiger partial charge in [-0.05, 0) is 30.5 Å². The predicted molar refractivity (Wildman–Crippen MR) is 130 cm³/mol. The van der Waals surface area contributed by atoms with Gasteiger partial charge >= 0.3 is 0 Å². The molecule has 33 heavy (non-hydrogen) atoms. The van der Waals surface area contributed by atoms with Gasteiger partial charge in [-0.1, -0.05) is 62.9 Å². The summed E-state index contributed by atoms with van der Waals surface area (Å²) in [5, 5.41) is 9.37. The number of rotatable bonds is 7. The molecule has 0 bridgehead atoms. The molecule has 2 aromatic carbocycles. The molecule has 1 amide bonds. The fraction of sp³-hybridized carbons (Fsp3) is 0.360. The van der Waals surface area contributed by atoms with Crippen LogP contribution in [-0.2, 0) is 4.79 Å². The van der Waals surface area contributed by atoms with E-state index in [0.717, 1.165) is 23.3 Å². The van der Waals surface area contributed by atoms with Gasteiger partial charge in [-0.15, -0.1) is 10.2 Å². The van der Waals surface area contributed by atoms with Gasteiger partial charge < -0.3 is 9.47 Å². The first kappa shape index (κ1) is 23.0. The lowest BCUT2D eigenvalue weighted by Gasteiger charge is -2.31. The molecular formula is C25H28N4O3S. The second-order valence-corrected chi connectivity index (χ2v) is 9.18. The van der Waals surface area contributed by atoms with Crippen LogP contribution in [0, 0.1) is 5.92 Å². The van der Waals surface area contributed by atoms with Crippen LogP contribution in [-0.4, -0.2) is 34.0 Å². The first-order chi connectivity index (χ1) is 16.0. The molecule has 2 heterocycles. The molecule has 0 aliphatic carbocycles. The van der Waals surface area contributed by atoms with E-state index in [1.54, 1.807) is 12.0 Å². The van der Waals surface area contributed by atoms with Crippen molar-refractivity contribution in [3.05, 3.63) is 54.1 Å². The minimum Gasteiger partial charge on any atom is -0.496 e. The number of carbonyl (C=O) groups excluding carboxylic acids is 1. The van der Waals surface area contributed by atoms with Crippen LogP contribution in [0.2, 0.25) is 0 Å². The maximum atomic E-state index is 13.4. The number of hydrogen-bond donors (Lipinski definition) is 0. The summed E-state index contributed by atoms with van der Waals surface area (Å²) >= 11 is 1.54. The average molecular weight is 465 g/mol. The van der Waals surface area contributed by atoms with Crippen molar-refractivity contribution in [3.8, 4) is 22.9 Å². The van der Waals surface area contributed by atoms with Gasteiger partial charge in [0, 0.05) is 17.7 Å². The third kappa shape index (κ3) is 4.80. The summed E-state index contributed by atoms with van der Waals surface area (Å²) in [6, 6.07) is 15.2. The van der Waals surface area contributed by atoms with Crippen LogP contribution in [0.5, 0.6) is 11.6 Å². The fourth-order valence-corrected chi connectivity index (χ4v) is 4.42. The van der Waals surface area contributed by atoms with Crippen LogP contribution in [0.25, 0.3) is 11.3 Å². The predicted octanol–water partition coefficient (Wildman–Crippen LogP) is 5.52. The highest BCUT2D eigenvalue weighted by molar-refractivity contribution is 7.99. The second-order valence-electron chi connectivity index (χ2n) is 8.20. The number of thioether (sulfide) groups is 1. The Labute approximate surface area is 198 Å². The Kier molecular flexibility index (Phi) is 7.13. The molecule has 3 aromatic rings. The lowest BCUT2D eigenvalue weighted by Crippen LogP contribution is -2.37. The van der Waals surface area contributed by atoms with Crippen LogP contribution < -0.4 is 14.4 Å². The third-order valence-corrected chi connectivity index (χ3v) is 6.46. The first-order valence-corrected chi connectivity index (χ1v) is 12.1. The maximum Gasteiger partial charge on any atom is 0.247 e. The second kappa shape index (κ2) is 10.2. The number of amides is 1. The highest BCUT2D eigenvalue weighted by Gasteiger charge is 2.36. The molecule has 0 saturated carbocycles. The molecule has 1 aromatic heterocycles. The third-order valence-electron chi connectivity index (χ3n) is 5.20. The summed E-state index contributed by atoms with van der Waals surface area (Å²) in [6.45, 7) is 6.28. The van der Waals surface area contributed by atoms with Crippen molar-refractivity contribution >= 4 is 23.4 Å². The molecule has 1 aliphatic rings. The number of fused-ring (bicyclic) bond motifs is 3. The summed E-state index contributed by atoms with van der Waals surface area (Å²) in [5.41, 5.74) is 2.73. The summed E-state index contributed by atoms with van der Waals surface area (Å²) < 4.78 is 12.1. The van der Waals surface area contributed by atoms with E-state index in [1.807, 2.05) is 55.5 Å². The van der Waals surface area contributed by atoms with Crippen molar-refractivity contribution in [1.82, 2.24) is 15.2 Å². The molecule has 4 rings (SSSR count). The van der Waals surface area contributed by atoms with Crippen molar-refractivity contribution in [2.45, 2.75) is 45.0 Å². The number of benzene rings is 2. The van der Waals surface area contributed by atoms with E-state index in [9.17, 15) is 4.79 Å². The molecule has 0 radical (unpaired) electrons. The Morgan fingerprint density at radius 2 is 1.91 bits per heavy atom. The lowest BCUT2D eigenvalue weighted by atomic mass is 10.1. The minimum atomic E-state index is -0.762. The Balaban J connectivity index is 1.90. The topological polar surface area (TPSA) is 77.4 Å². The van der Waals surface area contributed by atoms with Crippen LogP contribution in [0.1, 0.15) is 45.4 Å². The van der Waals surface area contributed by atoms with Gasteiger partial charge in [-0.3, -0.25) is 9.69 Å². The average Bonchev–Trinajstić information content (AvgIpc) is 2.97. The molecule has 0 spiro atoms. The van der Waals surface area contributed by atoms with Gasteiger partial charge in [-0.2, -0.15) is 4.98 Å². The van der Waals surface area contributed by atoms with E-state index >= 15 is 0 Å². The number of methoxy groups -OCH3 is 1. The summed E-state index contributed by atoms with van der Waals surface area (Å²) in [7, 11) is 1.61. The molecule has 0 unspecified atom stereocenters. The number of para-hydroxylation sites is 2. The van der Waals surface area contributed by atoms with Crippen molar-refractivity contribution in [1.29, 1.82) is 0 Å². The zero-order valence-corrected chi connectivity index (χ0v) is 20.1. The molecule has 172 valence electrons. The van der Waals surface area contributed by atoms with E-state index in [2.05, 4.69) is 24.0 Å². The van der Waals surface area contributed by atoms with Crippen LogP contribution >= 0.6 is 11.8 Å². The number of hydrogen-bond acceptors (Lipinski definition) is 7. The maximum absolute atomic E-state index is 13.4. The molecule has 8 heteroatoms. The quantitative estimate of drug-likeness (QED) is 0.426. The molecule has 0 saturated heterocycles. The van der Waals surface area contributed by atoms with Gasteiger partial charge in [0.2, 0.25) is 23.2 Å². The Bertz CT molecular complexity index is 1140. The SMILES string of the molecule is CCCC(=O)N1c2ccccc2-c2nnc(SCC(C)C)nc2O[C@H]1c1ccccc1OC. The highest BCUT2D eigenvalue weighted by atomic mass is 32.2. The van der Waals surface area contributed by atoms with Gasteiger partial charge in [0.1, 0.15) is 5.75 Å². The molecule has 0 N–H and O–H groups in total. The van der Waals surface area contributed by atoms with E-state index in [-0.39, 0.29) is 5.91 Å². The summed E-state index contributed by atoms with van der Waals surface area (Å²) in [5.74, 6) is 2.30. The number of nitrogens with zero attached hydrogens (tertiary/aromatic N) is 4. The fourth-order valence-electron chi connectivity index (χ4n) is 3.69. The smallest absolute Gasteiger partial charge is 0.247 e. The molecule has 0 fully saturated rings. The summed E-state index contributed by atoms with van der Waals surface area (Å²) in [6.07, 6.45) is 0.341. The van der Waals surface area contributed by atoms with Crippen molar-refractivity contribution < 1.29 is 14.3 Å². The molecule has 1 atom stereocenters. The lowest BCUT2D eigenvalue weighted by molar-refractivity contribution is -0.120. The van der Waals surface area contributed by atoms with E-state index in [1.165, 1.54) is 11.8 Å². The van der Waals surface area contributed by atoms with Crippen molar-refractivity contribution in [3.63, 3.8) is 0 Å². The van der Waals surface area contributed by atoms with Gasteiger partial charge in [0.05, 0.1) is 18.4 Å². The summed E-state index contributed by atoms with van der Waals surface area (Å²) in [4.78, 5) is 19.8. The Morgan fingerprint density at radius 3 is 2.67 bits per heavy atom. The van der Waals surface area contributed by atoms with Crippen LogP contribution in [0.4, 0.5) is 5.69 Å². The van der Waals surface area contributed by atoms with Gasteiger partial charge in [0.15, 0.2) is 5.69 Å². The standard InChI is InChI=1S/C25H28N4O3S/c1-5-10-21(30)29-19-13-8-6-11-17(19)22-23(26-25(28-27-22)33-15-16(2)3)32-24(29)18-12-7-9-14-20(18)31-4/h6-9,11-14,16,24H,5,10,15H2,1-4H3/t24-/m0/s1. The van der Waals surface area contributed by atoms with Crippen LogP contribution in [0.15, 0.2) is 53.7 Å². The number of aromatic nitrogens is 3. The number of anilines is 1.